The average molecular weight is 395 g/mol. The molecular formula is C24H30N2O3. The van der Waals surface area contributed by atoms with Crippen molar-refractivity contribution >= 4 is 11.6 Å². The number of amides is 1. The van der Waals surface area contributed by atoms with Crippen molar-refractivity contribution in [1.82, 2.24) is 4.90 Å². The molecule has 1 aliphatic heterocycles. The summed E-state index contributed by atoms with van der Waals surface area (Å²) in [4.78, 5) is 14.7. The van der Waals surface area contributed by atoms with Crippen LogP contribution in [0.25, 0.3) is 0 Å². The molecule has 1 fully saturated rings. The first-order valence-corrected chi connectivity index (χ1v) is 10.2. The fraction of sp³-hybridized carbons (Fsp3) is 0.458. The van der Waals surface area contributed by atoms with Crippen LogP contribution in [-0.4, -0.2) is 40.6 Å². The lowest BCUT2D eigenvalue weighted by atomic mass is 10.0. The van der Waals surface area contributed by atoms with Crippen molar-refractivity contribution in [2.24, 2.45) is 0 Å². The lowest BCUT2D eigenvalue weighted by Gasteiger charge is -2.33. The number of hydrogen-bond acceptors (Lipinski definition) is 4. The van der Waals surface area contributed by atoms with Crippen molar-refractivity contribution in [1.29, 1.82) is 0 Å². The van der Waals surface area contributed by atoms with Crippen LogP contribution in [0.5, 0.6) is 0 Å². The molecule has 29 heavy (non-hydrogen) atoms. The third-order valence-electron chi connectivity index (χ3n) is 4.97. The molecule has 1 amide bonds. The summed E-state index contributed by atoms with van der Waals surface area (Å²) in [5, 5.41) is 13.2. The van der Waals surface area contributed by atoms with Gasteiger partial charge in [-0.25, -0.2) is 0 Å². The minimum absolute atomic E-state index is 0.122. The van der Waals surface area contributed by atoms with Gasteiger partial charge in [-0.2, -0.15) is 0 Å². The number of hydrogen-bond donors (Lipinski definition) is 2. The molecule has 1 atom stereocenters. The number of likely N-dealkylation sites (tertiary alicyclic amines) is 1. The van der Waals surface area contributed by atoms with Crippen LogP contribution in [0.3, 0.4) is 0 Å². The molecule has 1 aromatic carbocycles. The Morgan fingerprint density at radius 2 is 1.97 bits per heavy atom. The highest BCUT2D eigenvalue weighted by Crippen LogP contribution is 2.21. The minimum atomic E-state index is -1.10. The second-order valence-electron chi connectivity index (χ2n) is 8.48. The van der Waals surface area contributed by atoms with Crippen LogP contribution in [0.1, 0.15) is 68.3 Å². The van der Waals surface area contributed by atoms with Gasteiger partial charge >= 0.3 is 0 Å². The van der Waals surface area contributed by atoms with Gasteiger partial charge in [0.25, 0.3) is 5.91 Å². The van der Waals surface area contributed by atoms with Gasteiger partial charge < -0.3 is 19.7 Å². The highest BCUT2D eigenvalue weighted by molar-refractivity contribution is 5.91. The summed E-state index contributed by atoms with van der Waals surface area (Å²) in [6, 6.07) is 12.0. The van der Waals surface area contributed by atoms with Crippen LogP contribution in [0.4, 0.5) is 5.69 Å². The Balaban J connectivity index is 1.62. The van der Waals surface area contributed by atoms with E-state index < -0.39 is 5.60 Å². The van der Waals surface area contributed by atoms with Gasteiger partial charge in [-0.05, 0) is 68.4 Å². The maximum absolute atomic E-state index is 12.8. The largest absolute Gasteiger partial charge is 0.443 e. The predicted octanol–water partition coefficient (Wildman–Crippen LogP) is 4.24. The number of piperidine rings is 1. The summed E-state index contributed by atoms with van der Waals surface area (Å²) in [6.45, 7) is 8.93. The van der Waals surface area contributed by atoms with E-state index in [0.717, 1.165) is 18.5 Å². The molecule has 1 saturated heterocycles. The van der Waals surface area contributed by atoms with Gasteiger partial charge in [-0.3, -0.25) is 4.79 Å². The molecule has 3 rings (SSSR count). The molecule has 154 valence electrons. The molecule has 0 aliphatic carbocycles. The standard InChI is InChI=1S/C24H30N2O3/c1-17(2)18-7-9-19(10-8-18)25-20-6-5-15-26(16-20)23(27)22-12-11-21(29-22)13-14-24(3,4)28/h7-12,17,20,25,28H,5-6,15-16H2,1-4H3/t20-/m0/s1. The number of carbonyl (C=O) groups is 1. The summed E-state index contributed by atoms with van der Waals surface area (Å²) >= 11 is 0. The summed E-state index contributed by atoms with van der Waals surface area (Å²) in [5.74, 6) is 6.51. The molecule has 0 unspecified atom stereocenters. The van der Waals surface area contributed by atoms with Crippen molar-refractivity contribution in [3.63, 3.8) is 0 Å². The molecule has 0 bridgehead atoms. The van der Waals surface area contributed by atoms with Crippen LogP contribution in [-0.2, 0) is 0 Å². The minimum Gasteiger partial charge on any atom is -0.443 e. The monoisotopic (exact) mass is 394 g/mol. The molecular weight excluding hydrogens is 364 g/mol. The predicted molar refractivity (Wildman–Crippen MR) is 115 cm³/mol. The smallest absolute Gasteiger partial charge is 0.289 e. The van der Waals surface area contributed by atoms with E-state index >= 15 is 0 Å². The molecule has 0 radical (unpaired) electrons. The Morgan fingerprint density at radius 1 is 1.24 bits per heavy atom. The van der Waals surface area contributed by atoms with E-state index in [-0.39, 0.29) is 17.7 Å². The summed E-state index contributed by atoms with van der Waals surface area (Å²) in [5.41, 5.74) is 1.30. The quantitative estimate of drug-likeness (QED) is 0.761. The fourth-order valence-corrected chi connectivity index (χ4v) is 3.37. The second kappa shape index (κ2) is 8.75. The van der Waals surface area contributed by atoms with Gasteiger partial charge in [0.15, 0.2) is 11.5 Å². The third-order valence-corrected chi connectivity index (χ3v) is 4.97. The van der Waals surface area contributed by atoms with E-state index in [1.54, 1.807) is 26.0 Å². The molecule has 2 heterocycles. The Labute approximate surface area is 173 Å². The van der Waals surface area contributed by atoms with Crippen molar-refractivity contribution in [3.05, 3.63) is 53.5 Å². The van der Waals surface area contributed by atoms with E-state index in [2.05, 4.69) is 55.3 Å². The highest BCUT2D eigenvalue weighted by Gasteiger charge is 2.26. The van der Waals surface area contributed by atoms with Gasteiger partial charge in [0.05, 0.1) is 0 Å². The van der Waals surface area contributed by atoms with Crippen LogP contribution in [0.15, 0.2) is 40.8 Å². The number of aliphatic hydroxyl groups is 1. The lowest BCUT2D eigenvalue weighted by Crippen LogP contribution is -2.45. The first-order valence-electron chi connectivity index (χ1n) is 10.2. The van der Waals surface area contributed by atoms with E-state index in [1.807, 2.05) is 4.90 Å². The van der Waals surface area contributed by atoms with E-state index in [9.17, 15) is 9.90 Å². The fourth-order valence-electron chi connectivity index (χ4n) is 3.37. The number of rotatable bonds is 4. The summed E-state index contributed by atoms with van der Waals surface area (Å²) < 4.78 is 5.59. The first kappa shape index (κ1) is 21.0. The topological polar surface area (TPSA) is 65.7 Å². The number of anilines is 1. The van der Waals surface area contributed by atoms with Crippen LogP contribution in [0, 0.1) is 11.8 Å². The maximum Gasteiger partial charge on any atom is 0.289 e. The number of furan rings is 1. The Bertz CT molecular complexity index is 895. The highest BCUT2D eigenvalue weighted by atomic mass is 16.4. The third kappa shape index (κ3) is 5.88. The SMILES string of the molecule is CC(C)c1ccc(N[C@H]2CCCN(C(=O)c3ccc(C#CC(C)(C)O)o3)C2)cc1. The van der Waals surface area contributed by atoms with Crippen molar-refractivity contribution < 1.29 is 14.3 Å². The molecule has 5 nitrogen and oxygen atoms in total. The molecule has 2 N–H and O–H groups in total. The van der Waals surface area contributed by atoms with Gasteiger partial charge in [0, 0.05) is 24.8 Å². The Hall–Kier alpha value is -2.71. The molecule has 5 heteroatoms. The molecule has 2 aromatic rings. The normalized spacial score (nSPS) is 17.0. The maximum atomic E-state index is 12.8. The molecule has 0 spiro atoms. The second-order valence-corrected chi connectivity index (χ2v) is 8.48. The lowest BCUT2D eigenvalue weighted by molar-refractivity contribution is 0.0682. The van der Waals surface area contributed by atoms with E-state index in [1.165, 1.54) is 5.56 Å². The zero-order valence-corrected chi connectivity index (χ0v) is 17.7. The van der Waals surface area contributed by atoms with E-state index in [4.69, 9.17) is 4.42 Å². The summed E-state index contributed by atoms with van der Waals surface area (Å²) in [7, 11) is 0. The average Bonchev–Trinajstić information content (AvgIpc) is 3.15. The van der Waals surface area contributed by atoms with Crippen LogP contribution in [0.2, 0.25) is 0 Å². The Morgan fingerprint density at radius 3 is 2.62 bits per heavy atom. The van der Waals surface area contributed by atoms with Crippen molar-refractivity contribution in [3.8, 4) is 11.8 Å². The number of nitrogens with one attached hydrogen (secondary N) is 1. The number of benzene rings is 1. The molecule has 1 aromatic heterocycles. The van der Waals surface area contributed by atoms with Gasteiger partial charge in [-0.1, -0.05) is 31.9 Å². The number of nitrogens with zero attached hydrogens (tertiary/aromatic N) is 1. The first-order chi connectivity index (χ1) is 13.7. The van der Waals surface area contributed by atoms with Gasteiger partial charge in [-0.15, -0.1) is 0 Å². The van der Waals surface area contributed by atoms with Gasteiger partial charge in [0.2, 0.25) is 0 Å². The van der Waals surface area contributed by atoms with Crippen LogP contribution >= 0.6 is 0 Å². The summed E-state index contributed by atoms with van der Waals surface area (Å²) in [6.07, 6.45) is 1.97. The van der Waals surface area contributed by atoms with Crippen molar-refractivity contribution in [2.45, 2.75) is 58.1 Å². The Kier molecular flexibility index (Phi) is 6.34. The zero-order chi connectivity index (χ0) is 21.0. The van der Waals surface area contributed by atoms with E-state index in [0.29, 0.717) is 24.8 Å². The van der Waals surface area contributed by atoms with Crippen molar-refractivity contribution in [2.75, 3.05) is 18.4 Å². The molecule has 0 saturated carbocycles. The van der Waals surface area contributed by atoms with Crippen LogP contribution < -0.4 is 5.32 Å². The zero-order valence-electron chi connectivity index (χ0n) is 17.7. The van der Waals surface area contributed by atoms with Gasteiger partial charge in [0.1, 0.15) is 5.60 Å². The number of carbonyl (C=O) groups excluding carboxylic acids is 1. The molecule has 1 aliphatic rings.